The monoisotopic (exact) mass is 778 g/mol. The van der Waals surface area contributed by atoms with Crippen LogP contribution in [0.15, 0.2) is 75.1 Å². The highest BCUT2D eigenvalue weighted by Gasteiger charge is 2.19. The van der Waals surface area contributed by atoms with Crippen molar-refractivity contribution in [3.8, 4) is 0 Å². The molecule has 0 atom stereocenters. The molecule has 11 heteroatoms. The zero-order valence-electron chi connectivity index (χ0n) is 36.7. The van der Waals surface area contributed by atoms with Gasteiger partial charge in [-0.25, -0.2) is 19.9 Å². The number of hydrogen-bond acceptors (Lipinski definition) is 9. The summed E-state index contributed by atoms with van der Waals surface area (Å²) in [6.07, 6.45) is 15.3. The summed E-state index contributed by atoms with van der Waals surface area (Å²) in [7, 11) is 0. The Morgan fingerprint density at radius 3 is 1.57 bits per heavy atom. The number of aromatic amines is 2. The molecule has 4 aromatic rings. The van der Waals surface area contributed by atoms with Crippen molar-refractivity contribution in [3.05, 3.63) is 87.3 Å². The molecule has 0 spiro atoms. The highest BCUT2D eigenvalue weighted by Crippen LogP contribution is 2.25. The second-order valence-electron chi connectivity index (χ2n) is 19.3. The molecule has 2 N–H and O–H groups in total. The van der Waals surface area contributed by atoms with Gasteiger partial charge in [0.1, 0.15) is 12.2 Å². The maximum absolute atomic E-state index is 4.31. The number of hydrogen-bond donors (Lipinski definition) is 2. The van der Waals surface area contributed by atoms with Gasteiger partial charge in [0.2, 0.25) is 0 Å². The van der Waals surface area contributed by atoms with Gasteiger partial charge < -0.3 is 4.98 Å². The fourth-order valence-corrected chi connectivity index (χ4v) is 5.62. The van der Waals surface area contributed by atoms with Gasteiger partial charge >= 0.3 is 0 Å². The molecule has 6 heterocycles. The number of imidazole rings is 1. The standard InChI is InChI=1S/2C8H13N.C7H12N2.2C7H11NS.C6H11N3/c1-8(2,3)7-4-5-9-6-7;1-8(2,3)7-5-4-6-9-7;1-7(2,3)6-4-8-5-9-6;1-7(2,3)6-4-9-5-8-6;1-7(2,3)6-8-4-5-9-6;1-6(2,3)5-7-4-8-9-5/h4,6H,5H2,1-3H3;4-5H,6H2,1-3H3;4-5H,1-3H3,(H,8,9);2*4-5H,1-3H3;4H,1-3H3,(H,7,8,9). The Labute approximate surface area is 335 Å². The number of aliphatic imine (C=N–C) groups is 2. The van der Waals surface area contributed by atoms with Gasteiger partial charge in [0.25, 0.3) is 0 Å². The quantitative estimate of drug-likeness (QED) is 0.184. The molecule has 0 bridgehead atoms. The number of rotatable bonds is 0. The molecule has 6 rings (SSSR count). The number of allylic oxidation sites excluding steroid dienone is 2. The molecular formula is C43H71N9S2. The molecular weight excluding hydrogens is 707 g/mol. The van der Waals surface area contributed by atoms with Crippen molar-refractivity contribution in [2.45, 2.75) is 146 Å². The van der Waals surface area contributed by atoms with Crippen molar-refractivity contribution in [1.29, 1.82) is 0 Å². The number of nitrogens with zero attached hydrogens (tertiary/aromatic N) is 7. The molecule has 0 saturated carbocycles. The van der Waals surface area contributed by atoms with E-state index < -0.39 is 0 Å². The summed E-state index contributed by atoms with van der Waals surface area (Å²) in [4.78, 5) is 27.9. The largest absolute Gasteiger partial charge is 0.348 e. The third-order valence-corrected chi connectivity index (χ3v) is 9.42. The lowest BCUT2D eigenvalue weighted by Crippen LogP contribution is -2.16. The minimum absolute atomic E-state index is 0.0938. The average molecular weight is 778 g/mol. The van der Waals surface area contributed by atoms with Crippen LogP contribution in [0.2, 0.25) is 0 Å². The SMILES string of the molecule is CC(C)(C)C1=CCN=C1.CC(C)(C)C1=NCC=C1.CC(C)(C)c1cnc[nH]1.CC(C)(C)c1cscn1.CC(C)(C)c1nccs1.CC(C)(C)c1ncn[nH]1. The molecule has 0 aromatic carbocycles. The predicted octanol–water partition coefficient (Wildman–Crippen LogP) is 11.8. The molecule has 0 amide bonds. The Morgan fingerprint density at radius 2 is 1.35 bits per heavy atom. The Balaban J connectivity index is 0.000000324. The van der Waals surface area contributed by atoms with Crippen molar-refractivity contribution in [1.82, 2.24) is 35.1 Å². The second kappa shape index (κ2) is 20.9. The fourth-order valence-electron chi connectivity index (χ4n) is 4.12. The highest BCUT2D eigenvalue weighted by molar-refractivity contribution is 7.09. The van der Waals surface area contributed by atoms with Gasteiger partial charge in [-0.3, -0.25) is 15.1 Å². The van der Waals surface area contributed by atoms with E-state index in [1.54, 1.807) is 29.0 Å². The van der Waals surface area contributed by atoms with Crippen molar-refractivity contribution < 1.29 is 0 Å². The third-order valence-electron chi connectivity index (χ3n) is 7.63. The lowest BCUT2D eigenvalue weighted by atomic mass is 9.88. The number of nitrogens with one attached hydrogen (secondary N) is 2. The van der Waals surface area contributed by atoms with Gasteiger partial charge in [0, 0.05) is 67.8 Å². The molecule has 0 aliphatic carbocycles. The van der Waals surface area contributed by atoms with E-state index in [0.29, 0.717) is 5.41 Å². The zero-order chi connectivity index (χ0) is 41.4. The molecule has 0 fully saturated rings. The van der Waals surface area contributed by atoms with E-state index in [4.69, 9.17) is 0 Å². The van der Waals surface area contributed by atoms with Crippen molar-refractivity contribution in [2.75, 3.05) is 13.1 Å². The van der Waals surface area contributed by atoms with E-state index in [9.17, 15) is 0 Å². The van der Waals surface area contributed by atoms with Crippen LogP contribution in [0, 0.1) is 10.8 Å². The summed E-state index contributed by atoms with van der Waals surface area (Å²) in [5.74, 6) is 0.933. The van der Waals surface area contributed by atoms with Crippen LogP contribution in [0.1, 0.15) is 147 Å². The summed E-state index contributed by atoms with van der Waals surface area (Å²) in [6.45, 7) is 40.7. The summed E-state index contributed by atoms with van der Waals surface area (Å²) in [5.41, 5.74) is 8.12. The van der Waals surface area contributed by atoms with Crippen LogP contribution in [-0.2, 0) is 21.7 Å². The molecule has 4 aromatic heterocycles. The van der Waals surface area contributed by atoms with Crippen LogP contribution >= 0.6 is 22.7 Å². The zero-order valence-corrected chi connectivity index (χ0v) is 38.3. The second-order valence-corrected chi connectivity index (χ2v) is 20.9. The van der Waals surface area contributed by atoms with Gasteiger partial charge in [-0.05, 0) is 17.1 Å². The van der Waals surface area contributed by atoms with Gasteiger partial charge in [-0.2, -0.15) is 5.10 Å². The van der Waals surface area contributed by atoms with Crippen LogP contribution in [0.3, 0.4) is 0 Å². The van der Waals surface area contributed by atoms with Gasteiger partial charge in [0.05, 0.1) is 35.6 Å². The van der Waals surface area contributed by atoms with Crippen LogP contribution < -0.4 is 0 Å². The topological polar surface area (TPSA) is 121 Å². The van der Waals surface area contributed by atoms with Crippen LogP contribution in [0.25, 0.3) is 0 Å². The van der Waals surface area contributed by atoms with Gasteiger partial charge in [-0.1, -0.05) is 137 Å². The summed E-state index contributed by atoms with van der Waals surface area (Å²) in [5, 5.41) is 11.9. The normalized spacial score (nSPS) is 14.0. The first-order valence-electron chi connectivity index (χ1n) is 18.7. The minimum atomic E-state index is 0.0938. The summed E-state index contributed by atoms with van der Waals surface area (Å²) >= 11 is 3.37. The molecule has 2 aliphatic heterocycles. The van der Waals surface area contributed by atoms with Crippen LogP contribution in [0.4, 0.5) is 0 Å². The van der Waals surface area contributed by atoms with Crippen molar-refractivity contribution >= 4 is 34.6 Å². The summed E-state index contributed by atoms with van der Waals surface area (Å²) in [6, 6.07) is 0. The molecule has 9 nitrogen and oxygen atoms in total. The third kappa shape index (κ3) is 19.7. The van der Waals surface area contributed by atoms with E-state index in [2.05, 4.69) is 193 Å². The maximum Gasteiger partial charge on any atom is 0.137 e. The highest BCUT2D eigenvalue weighted by atomic mass is 32.1. The lowest BCUT2D eigenvalue weighted by molar-refractivity contribution is 0.527. The first kappa shape index (κ1) is 48.4. The molecule has 54 heavy (non-hydrogen) atoms. The van der Waals surface area contributed by atoms with E-state index in [-0.39, 0.29) is 27.1 Å². The van der Waals surface area contributed by atoms with Gasteiger partial charge in [0.15, 0.2) is 0 Å². The number of thiazole rings is 2. The molecule has 0 radical (unpaired) electrons. The van der Waals surface area contributed by atoms with Crippen molar-refractivity contribution in [3.63, 3.8) is 0 Å². The maximum atomic E-state index is 4.31. The predicted molar refractivity (Wildman–Crippen MR) is 236 cm³/mol. The lowest BCUT2D eigenvalue weighted by Gasteiger charge is -2.16. The molecule has 2 aliphatic rings. The van der Waals surface area contributed by atoms with Crippen LogP contribution in [0.5, 0.6) is 0 Å². The van der Waals surface area contributed by atoms with E-state index in [0.717, 1.165) is 18.9 Å². The first-order chi connectivity index (χ1) is 24.6. The molecule has 0 unspecified atom stereocenters. The van der Waals surface area contributed by atoms with E-state index in [1.165, 1.54) is 34.0 Å². The molecule has 300 valence electrons. The fraction of sp³-hybridized carbons (Fsp3) is 0.605. The number of H-pyrrole nitrogens is 2. The smallest absolute Gasteiger partial charge is 0.137 e. The van der Waals surface area contributed by atoms with E-state index >= 15 is 0 Å². The van der Waals surface area contributed by atoms with Crippen LogP contribution in [-0.4, -0.2) is 60.1 Å². The Hall–Kier alpha value is -3.57. The average Bonchev–Trinajstić information content (AvgIpc) is 3.89. The Kier molecular flexibility index (Phi) is 18.8. The van der Waals surface area contributed by atoms with Gasteiger partial charge in [-0.15, -0.1) is 22.7 Å². The Morgan fingerprint density at radius 1 is 0.685 bits per heavy atom. The van der Waals surface area contributed by atoms with E-state index in [1.807, 2.05) is 29.5 Å². The Bertz CT molecular complexity index is 1450. The molecule has 0 saturated heterocycles. The number of aromatic nitrogens is 7. The summed E-state index contributed by atoms with van der Waals surface area (Å²) < 4.78 is 0. The van der Waals surface area contributed by atoms with Crippen molar-refractivity contribution in [2.24, 2.45) is 20.8 Å². The first-order valence-corrected chi connectivity index (χ1v) is 20.5. The minimum Gasteiger partial charge on any atom is -0.348 e.